The average Bonchev–Trinajstić information content (AvgIpc) is 2.00. The first-order chi connectivity index (χ1) is 5.21. The molecule has 0 aromatic rings. The number of hydrogen-bond acceptors (Lipinski definition) is 1. The Labute approximate surface area is 69.9 Å². The number of rotatable bonds is 0. The van der Waals surface area contributed by atoms with Crippen molar-refractivity contribution in [3.8, 4) is 0 Å². The molecule has 0 saturated carbocycles. The maximum Gasteiger partial charge on any atom is 0.0848 e. The topological polar surface area (TPSA) is 17.1 Å². The average molecular weight is 174 g/mol. The molecule has 1 nitrogen and oxygen atoms in total. The van der Waals surface area contributed by atoms with Gasteiger partial charge in [-0.15, -0.1) is 0 Å². The van der Waals surface area contributed by atoms with Gasteiger partial charge in [0.1, 0.15) is 0 Å². The molecule has 0 unspecified atom stereocenters. The Kier molecular flexibility index (Phi) is 3.65. The van der Waals surface area contributed by atoms with Gasteiger partial charge in [-0.3, -0.25) is 0 Å². The van der Waals surface area contributed by atoms with E-state index in [9.17, 15) is 4.57 Å². The van der Waals surface area contributed by atoms with Crippen LogP contribution in [0, 0.1) is 0 Å². The van der Waals surface area contributed by atoms with Gasteiger partial charge in [0.15, 0.2) is 0 Å². The van der Waals surface area contributed by atoms with Gasteiger partial charge >= 0.3 is 0 Å². The summed E-state index contributed by atoms with van der Waals surface area (Å²) in [7, 11) is -1.69. The van der Waals surface area contributed by atoms with Crippen LogP contribution in [0.4, 0.5) is 0 Å². The molecule has 0 atom stereocenters. The van der Waals surface area contributed by atoms with E-state index in [2.05, 4.69) is 0 Å². The Hall–Kier alpha value is 0.230. The van der Waals surface area contributed by atoms with E-state index < -0.39 is 7.14 Å². The van der Waals surface area contributed by atoms with Gasteiger partial charge in [0.2, 0.25) is 0 Å². The molecule has 1 saturated heterocycles. The van der Waals surface area contributed by atoms with Crippen LogP contribution in [0.3, 0.4) is 0 Å². The molecule has 66 valence electrons. The summed E-state index contributed by atoms with van der Waals surface area (Å²) in [5, 5.41) is 0. The fourth-order valence-electron chi connectivity index (χ4n) is 1.71. The first-order valence-electron chi connectivity index (χ1n) is 4.76. The molecule has 0 aromatic carbocycles. The summed E-state index contributed by atoms with van der Waals surface area (Å²) in [5.41, 5.74) is 0. The molecular weight excluding hydrogens is 155 g/mol. The normalized spacial score (nSPS) is 26.6. The molecule has 0 aromatic heterocycles. The molecule has 1 aliphatic heterocycles. The van der Waals surface area contributed by atoms with Crippen LogP contribution in [0.25, 0.3) is 0 Å². The second kappa shape index (κ2) is 4.30. The van der Waals surface area contributed by atoms with Gasteiger partial charge in [-0.25, -0.2) is 0 Å². The SMILES string of the molecule is CP1(=O)CCCCCCCC1. The van der Waals surface area contributed by atoms with E-state index in [0.29, 0.717) is 0 Å². The predicted molar refractivity (Wildman–Crippen MR) is 51.0 cm³/mol. The third-order valence-corrected chi connectivity index (χ3v) is 5.04. The Bertz CT molecular complexity index is 140. The van der Waals surface area contributed by atoms with Gasteiger partial charge in [0, 0.05) is 12.3 Å². The van der Waals surface area contributed by atoms with Gasteiger partial charge in [0.25, 0.3) is 0 Å². The van der Waals surface area contributed by atoms with Crippen molar-refractivity contribution in [2.45, 2.75) is 38.5 Å². The van der Waals surface area contributed by atoms with E-state index in [0.717, 1.165) is 12.3 Å². The lowest BCUT2D eigenvalue weighted by Crippen LogP contribution is -1.92. The summed E-state index contributed by atoms with van der Waals surface area (Å²) in [6.07, 6.45) is 9.75. The van der Waals surface area contributed by atoms with Gasteiger partial charge < -0.3 is 4.57 Å². The van der Waals surface area contributed by atoms with E-state index >= 15 is 0 Å². The molecule has 0 radical (unpaired) electrons. The molecule has 0 aliphatic carbocycles. The van der Waals surface area contributed by atoms with E-state index in [1.54, 1.807) is 0 Å². The molecule has 2 heteroatoms. The minimum atomic E-state index is -1.69. The van der Waals surface area contributed by atoms with Gasteiger partial charge in [-0.1, -0.05) is 25.7 Å². The van der Waals surface area contributed by atoms with E-state index in [-0.39, 0.29) is 0 Å². The first kappa shape index (κ1) is 9.32. The summed E-state index contributed by atoms with van der Waals surface area (Å²) in [6, 6.07) is 0. The van der Waals surface area contributed by atoms with Crippen LogP contribution >= 0.6 is 7.14 Å². The zero-order valence-corrected chi connectivity index (χ0v) is 8.41. The van der Waals surface area contributed by atoms with Crippen molar-refractivity contribution in [2.75, 3.05) is 19.0 Å². The van der Waals surface area contributed by atoms with Crippen LogP contribution in [0.1, 0.15) is 38.5 Å². The van der Waals surface area contributed by atoms with Crippen LogP contribution in [0.2, 0.25) is 0 Å². The van der Waals surface area contributed by atoms with Crippen molar-refractivity contribution >= 4 is 7.14 Å². The smallest absolute Gasteiger partial charge is 0.0848 e. The largest absolute Gasteiger partial charge is 0.324 e. The lowest BCUT2D eigenvalue weighted by Gasteiger charge is -2.09. The van der Waals surface area contributed by atoms with Crippen LogP contribution < -0.4 is 0 Å². The van der Waals surface area contributed by atoms with Crippen molar-refractivity contribution in [3.05, 3.63) is 0 Å². The summed E-state index contributed by atoms with van der Waals surface area (Å²) in [4.78, 5) is 0. The highest BCUT2D eigenvalue weighted by molar-refractivity contribution is 7.63. The van der Waals surface area contributed by atoms with Crippen molar-refractivity contribution < 1.29 is 4.57 Å². The Morgan fingerprint density at radius 2 is 1.18 bits per heavy atom. The number of hydrogen-bond donors (Lipinski definition) is 0. The lowest BCUT2D eigenvalue weighted by molar-refractivity contribution is 0.575. The third-order valence-electron chi connectivity index (χ3n) is 2.51. The maximum atomic E-state index is 11.8. The van der Waals surface area contributed by atoms with Crippen LogP contribution in [0.5, 0.6) is 0 Å². The third kappa shape index (κ3) is 3.96. The summed E-state index contributed by atoms with van der Waals surface area (Å²) in [5.74, 6) is 0. The van der Waals surface area contributed by atoms with E-state index in [1.807, 2.05) is 6.66 Å². The highest BCUT2D eigenvalue weighted by Gasteiger charge is 2.14. The first-order valence-corrected chi connectivity index (χ1v) is 7.29. The summed E-state index contributed by atoms with van der Waals surface area (Å²) in [6.45, 7) is 1.98. The molecule has 1 fully saturated rings. The lowest BCUT2D eigenvalue weighted by atomic mass is 10.1. The van der Waals surface area contributed by atoms with Gasteiger partial charge in [0.05, 0.1) is 7.14 Å². The monoisotopic (exact) mass is 174 g/mol. The highest BCUT2D eigenvalue weighted by Crippen LogP contribution is 2.43. The molecule has 0 bridgehead atoms. The zero-order chi connectivity index (χ0) is 8.16. The molecule has 0 amide bonds. The molecule has 1 heterocycles. The summed E-state index contributed by atoms with van der Waals surface area (Å²) < 4.78 is 11.8. The molecular formula is C9H19OP. The van der Waals surface area contributed by atoms with E-state index in [1.165, 1.54) is 38.5 Å². The van der Waals surface area contributed by atoms with Crippen LogP contribution in [-0.4, -0.2) is 19.0 Å². The standard InChI is InChI=1S/C9H19OP/c1-11(10)8-6-4-2-3-5-7-9-11/h2-9H2,1H3. The second-order valence-corrected chi connectivity index (χ2v) is 7.35. The van der Waals surface area contributed by atoms with Crippen LogP contribution in [-0.2, 0) is 4.57 Å². The van der Waals surface area contributed by atoms with Crippen molar-refractivity contribution in [1.82, 2.24) is 0 Å². The Morgan fingerprint density at radius 3 is 1.64 bits per heavy atom. The minimum Gasteiger partial charge on any atom is -0.324 e. The van der Waals surface area contributed by atoms with Crippen LogP contribution in [0.15, 0.2) is 0 Å². The van der Waals surface area contributed by atoms with Crippen molar-refractivity contribution in [3.63, 3.8) is 0 Å². The second-order valence-electron chi connectivity index (χ2n) is 3.87. The highest BCUT2D eigenvalue weighted by atomic mass is 31.2. The Balaban J connectivity index is 2.37. The maximum absolute atomic E-state index is 11.8. The molecule has 0 N–H and O–H groups in total. The van der Waals surface area contributed by atoms with Gasteiger partial charge in [-0.05, 0) is 19.5 Å². The predicted octanol–water partition coefficient (Wildman–Crippen LogP) is 3.33. The van der Waals surface area contributed by atoms with Crippen molar-refractivity contribution in [1.29, 1.82) is 0 Å². The van der Waals surface area contributed by atoms with Gasteiger partial charge in [-0.2, -0.15) is 0 Å². The molecule has 1 aliphatic rings. The fourth-order valence-corrected chi connectivity index (χ4v) is 3.72. The molecule has 11 heavy (non-hydrogen) atoms. The fraction of sp³-hybridized carbons (Fsp3) is 1.00. The summed E-state index contributed by atoms with van der Waals surface area (Å²) >= 11 is 0. The van der Waals surface area contributed by atoms with E-state index in [4.69, 9.17) is 0 Å². The zero-order valence-electron chi connectivity index (χ0n) is 7.51. The Morgan fingerprint density at radius 1 is 0.818 bits per heavy atom. The quantitative estimate of drug-likeness (QED) is 0.515. The molecule has 0 spiro atoms. The molecule has 1 rings (SSSR count). The minimum absolute atomic E-state index is 1.01. The van der Waals surface area contributed by atoms with Crippen molar-refractivity contribution in [2.24, 2.45) is 0 Å².